The summed E-state index contributed by atoms with van der Waals surface area (Å²) in [5, 5.41) is 23.3. The number of thiophene rings is 1. The van der Waals surface area contributed by atoms with Crippen LogP contribution >= 0.6 is 34.7 Å². The van der Waals surface area contributed by atoms with Gasteiger partial charge in [-0.05, 0) is 82.2 Å². The lowest BCUT2D eigenvalue weighted by molar-refractivity contribution is -0.113. The molecule has 1 aliphatic carbocycles. The number of carbonyl (C=O) groups excluding carboxylic acids is 1. The molecule has 10 heteroatoms. The number of fused-ring (bicyclic) bond motifs is 1. The molecule has 0 fully saturated rings. The molecule has 0 bridgehead atoms. The third kappa shape index (κ3) is 5.50. The van der Waals surface area contributed by atoms with Crippen molar-refractivity contribution in [1.29, 1.82) is 5.26 Å². The molecule has 1 amide bonds. The van der Waals surface area contributed by atoms with Gasteiger partial charge >= 0.3 is 0 Å². The number of aromatic nitrogens is 3. The van der Waals surface area contributed by atoms with E-state index in [4.69, 9.17) is 16.3 Å². The van der Waals surface area contributed by atoms with Gasteiger partial charge in [-0.2, -0.15) is 5.26 Å². The first-order valence-corrected chi connectivity index (χ1v) is 13.8. The van der Waals surface area contributed by atoms with E-state index in [2.05, 4.69) is 21.6 Å². The van der Waals surface area contributed by atoms with Crippen LogP contribution in [0, 0.1) is 25.2 Å². The summed E-state index contributed by atoms with van der Waals surface area (Å²) in [4.78, 5) is 13.9. The van der Waals surface area contributed by atoms with Crippen molar-refractivity contribution in [3.8, 4) is 11.8 Å². The third-order valence-corrected chi connectivity index (χ3v) is 8.79. The van der Waals surface area contributed by atoms with E-state index < -0.39 is 0 Å². The van der Waals surface area contributed by atoms with Crippen molar-refractivity contribution in [3.05, 3.63) is 50.1 Å². The number of nitrogens with one attached hydrogen (secondary N) is 1. The van der Waals surface area contributed by atoms with E-state index in [0.29, 0.717) is 28.1 Å². The summed E-state index contributed by atoms with van der Waals surface area (Å²) in [7, 11) is 0. The van der Waals surface area contributed by atoms with Crippen molar-refractivity contribution < 1.29 is 9.53 Å². The van der Waals surface area contributed by atoms with Gasteiger partial charge in [-0.3, -0.25) is 4.79 Å². The van der Waals surface area contributed by atoms with Gasteiger partial charge in [0, 0.05) is 16.4 Å². The van der Waals surface area contributed by atoms with Gasteiger partial charge in [0.15, 0.2) is 17.1 Å². The fraction of sp³-hybridized carbons (Fsp3) is 0.440. The fourth-order valence-electron chi connectivity index (χ4n) is 4.30. The highest BCUT2D eigenvalue weighted by atomic mass is 35.5. The largest absolute Gasteiger partial charge is 0.483 e. The Labute approximate surface area is 218 Å². The van der Waals surface area contributed by atoms with Crippen LogP contribution in [0.1, 0.15) is 65.7 Å². The van der Waals surface area contributed by atoms with Crippen molar-refractivity contribution in [2.75, 3.05) is 11.1 Å². The maximum atomic E-state index is 12.7. The van der Waals surface area contributed by atoms with Crippen molar-refractivity contribution in [3.63, 3.8) is 0 Å². The van der Waals surface area contributed by atoms with E-state index >= 15 is 0 Å². The van der Waals surface area contributed by atoms with E-state index in [0.717, 1.165) is 53.1 Å². The van der Waals surface area contributed by atoms with Gasteiger partial charge in [0.1, 0.15) is 16.8 Å². The van der Waals surface area contributed by atoms with Gasteiger partial charge in [-0.1, -0.05) is 23.4 Å². The second-order valence-corrected chi connectivity index (χ2v) is 11.0. The molecular weight excluding hydrogens is 502 g/mol. The Morgan fingerprint density at radius 3 is 2.71 bits per heavy atom. The Kier molecular flexibility index (Phi) is 8.05. The number of benzene rings is 1. The van der Waals surface area contributed by atoms with Gasteiger partial charge in [0.25, 0.3) is 0 Å². The van der Waals surface area contributed by atoms with E-state index in [1.807, 2.05) is 44.4 Å². The van der Waals surface area contributed by atoms with Crippen LogP contribution < -0.4 is 10.1 Å². The molecule has 0 spiro atoms. The van der Waals surface area contributed by atoms with Crippen LogP contribution in [-0.2, 0) is 24.2 Å². The Bertz CT molecular complexity index is 1270. The summed E-state index contributed by atoms with van der Waals surface area (Å²) >= 11 is 9.14. The summed E-state index contributed by atoms with van der Waals surface area (Å²) < 4.78 is 8.10. The minimum absolute atomic E-state index is 0.159. The van der Waals surface area contributed by atoms with Gasteiger partial charge in [0.2, 0.25) is 5.91 Å². The summed E-state index contributed by atoms with van der Waals surface area (Å²) in [5.41, 5.74) is 3.65. The van der Waals surface area contributed by atoms with Crippen LogP contribution in [0.25, 0.3) is 0 Å². The molecule has 184 valence electrons. The minimum atomic E-state index is -0.332. The smallest absolute Gasteiger partial charge is 0.235 e. The summed E-state index contributed by atoms with van der Waals surface area (Å²) in [5.74, 6) is 1.44. The monoisotopic (exact) mass is 529 g/mol. The first-order valence-electron chi connectivity index (χ1n) is 11.7. The lowest BCUT2D eigenvalue weighted by Crippen LogP contribution is -2.15. The van der Waals surface area contributed by atoms with E-state index in [-0.39, 0.29) is 17.8 Å². The number of carbonyl (C=O) groups is 1. The molecule has 1 atom stereocenters. The zero-order valence-corrected chi connectivity index (χ0v) is 22.7. The molecule has 2 heterocycles. The lowest BCUT2D eigenvalue weighted by atomic mass is 9.96. The second kappa shape index (κ2) is 11.0. The maximum Gasteiger partial charge on any atom is 0.235 e. The van der Waals surface area contributed by atoms with Crippen molar-refractivity contribution in [1.82, 2.24) is 14.8 Å². The molecule has 0 radical (unpaired) electrons. The average Bonchev–Trinajstić information content (AvgIpc) is 3.41. The zero-order valence-electron chi connectivity index (χ0n) is 20.3. The molecule has 3 aromatic rings. The van der Waals surface area contributed by atoms with Gasteiger partial charge in [-0.15, -0.1) is 21.5 Å². The normalized spacial score (nSPS) is 13.7. The molecule has 1 aromatic carbocycles. The number of halogens is 1. The average molecular weight is 530 g/mol. The molecule has 1 unspecified atom stereocenters. The SMILES string of the molecule is CCn1c(SCC(=O)Nc2sc3c(c2C#N)CCCC3)nnc1C(C)Oc1cc(C)c(Cl)c(C)c1. The van der Waals surface area contributed by atoms with E-state index in [1.54, 1.807) is 0 Å². The van der Waals surface area contributed by atoms with Crippen LogP contribution in [0.15, 0.2) is 17.3 Å². The molecule has 4 rings (SSSR count). The number of hydrogen-bond donors (Lipinski definition) is 1. The first kappa shape index (κ1) is 25.5. The summed E-state index contributed by atoms with van der Waals surface area (Å²) in [6.07, 6.45) is 3.79. The number of hydrogen-bond acceptors (Lipinski definition) is 7. The predicted octanol–water partition coefficient (Wildman–Crippen LogP) is 6.25. The van der Waals surface area contributed by atoms with Crippen LogP contribution in [0.5, 0.6) is 5.75 Å². The van der Waals surface area contributed by atoms with Crippen molar-refractivity contribution in [2.45, 2.75) is 71.2 Å². The molecule has 35 heavy (non-hydrogen) atoms. The minimum Gasteiger partial charge on any atom is -0.483 e. The summed E-state index contributed by atoms with van der Waals surface area (Å²) in [6.45, 7) is 8.49. The van der Waals surface area contributed by atoms with E-state index in [1.165, 1.54) is 28.0 Å². The molecular formula is C25H28ClN5O2S2. The van der Waals surface area contributed by atoms with Crippen LogP contribution in [0.3, 0.4) is 0 Å². The highest BCUT2D eigenvalue weighted by Crippen LogP contribution is 2.38. The van der Waals surface area contributed by atoms with Crippen LogP contribution in [0.2, 0.25) is 5.02 Å². The summed E-state index contributed by atoms with van der Waals surface area (Å²) in [6, 6.07) is 6.11. The molecule has 0 saturated heterocycles. The molecule has 7 nitrogen and oxygen atoms in total. The number of nitrogens with zero attached hydrogens (tertiary/aromatic N) is 4. The van der Waals surface area contributed by atoms with Gasteiger partial charge in [-0.25, -0.2) is 0 Å². The Morgan fingerprint density at radius 2 is 2.03 bits per heavy atom. The van der Waals surface area contributed by atoms with Crippen LogP contribution in [-0.4, -0.2) is 26.4 Å². The number of amides is 1. The Balaban J connectivity index is 1.42. The van der Waals surface area contributed by atoms with Crippen molar-refractivity contribution in [2.24, 2.45) is 0 Å². The van der Waals surface area contributed by atoms with Crippen molar-refractivity contribution >= 4 is 45.6 Å². The fourth-order valence-corrected chi connectivity index (χ4v) is 6.48. The number of thioether (sulfide) groups is 1. The molecule has 0 aliphatic heterocycles. The Morgan fingerprint density at radius 1 is 1.31 bits per heavy atom. The highest BCUT2D eigenvalue weighted by molar-refractivity contribution is 7.99. The topological polar surface area (TPSA) is 92.8 Å². The number of nitriles is 1. The molecule has 2 aromatic heterocycles. The van der Waals surface area contributed by atoms with Gasteiger partial charge in [0.05, 0.1) is 11.3 Å². The quantitative estimate of drug-likeness (QED) is 0.346. The highest BCUT2D eigenvalue weighted by Gasteiger charge is 2.23. The standard InChI is InChI=1S/C25H28ClN5O2S2/c1-5-31-23(16(4)33-17-10-14(2)22(26)15(3)11-17)29-30-25(31)34-13-21(32)28-24-19(12-27)18-8-6-7-9-20(18)35-24/h10-11,16H,5-9,13H2,1-4H3,(H,28,32). The number of anilines is 1. The maximum absolute atomic E-state index is 12.7. The number of rotatable bonds is 8. The molecule has 1 aliphatic rings. The number of ether oxygens (including phenoxy) is 1. The van der Waals surface area contributed by atoms with E-state index in [9.17, 15) is 10.1 Å². The third-order valence-electron chi connectivity index (χ3n) is 6.02. The molecule has 0 saturated carbocycles. The predicted molar refractivity (Wildman–Crippen MR) is 141 cm³/mol. The molecule has 1 N–H and O–H groups in total. The van der Waals surface area contributed by atoms with Gasteiger partial charge < -0.3 is 14.6 Å². The number of aryl methyl sites for hydroxylation is 3. The lowest BCUT2D eigenvalue weighted by Gasteiger charge is -2.17. The van der Waals surface area contributed by atoms with Crippen LogP contribution in [0.4, 0.5) is 5.00 Å². The zero-order chi connectivity index (χ0) is 25.1. The first-order chi connectivity index (χ1) is 16.8. The second-order valence-electron chi connectivity index (χ2n) is 8.58. The Hall–Kier alpha value is -2.54.